The second-order valence-electron chi connectivity index (χ2n) is 5.53. The number of nitrogens with one attached hydrogen (secondary N) is 2. The Morgan fingerprint density at radius 1 is 0.885 bits per heavy atom. The summed E-state index contributed by atoms with van der Waals surface area (Å²) in [5.74, 6) is 0. The van der Waals surface area contributed by atoms with Gasteiger partial charge in [0.05, 0.1) is 17.2 Å². The van der Waals surface area contributed by atoms with Crippen molar-refractivity contribution in [3.05, 3.63) is 65.2 Å². The molecular formula is C17H14F6N2S. The normalized spacial score (nSPS) is 13.2. The summed E-state index contributed by atoms with van der Waals surface area (Å²) in [5.41, 5.74) is -2.36. The first-order valence-electron chi connectivity index (χ1n) is 7.39. The standard InChI is InChI=1S/C17H14F6N2S/c1-10(11-5-3-2-4-6-11)24-15(26)25-14-8-12(16(18,19)20)7-13(9-14)17(21,22)23/h2-10H,1H3,(H2,24,25,26)/t10-/m0/s1. The molecule has 9 heteroatoms. The Kier molecular flexibility index (Phi) is 5.80. The lowest BCUT2D eigenvalue weighted by molar-refractivity contribution is -0.143. The lowest BCUT2D eigenvalue weighted by atomic mass is 10.1. The molecule has 0 saturated heterocycles. The zero-order chi connectivity index (χ0) is 19.5. The molecule has 0 saturated carbocycles. The molecule has 2 nitrogen and oxygen atoms in total. The molecule has 140 valence electrons. The SMILES string of the molecule is C[C@H](NC(=S)Nc1cc(C(F)(F)F)cc(C(F)(F)F)c1)c1ccccc1. The van der Waals surface area contributed by atoms with Crippen LogP contribution in [0.5, 0.6) is 0 Å². The van der Waals surface area contributed by atoms with Gasteiger partial charge in [0.1, 0.15) is 0 Å². The van der Waals surface area contributed by atoms with Crippen LogP contribution in [-0.2, 0) is 12.4 Å². The molecule has 1 atom stereocenters. The van der Waals surface area contributed by atoms with Crippen LogP contribution in [0.1, 0.15) is 29.7 Å². The van der Waals surface area contributed by atoms with Gasteiger partial charge < -0.3 is 10.6 Å². The zero-order valence-corrected chi connectivity index (χ0v) is 14.2. The van der Waals surface area contributed by atoms with Crippen LogP contribution in [-0.4, -0.2) is 5.11 Å². The van der Waals surface area contributed by atoms with E-state index in [1.807, 2.05) is 18.2 Å². The average molecular weight is 392 g/mol. The smallest absolute Gasteiger partial charge is 0.356 e. The highest BCUT2D eigenvalue weighted by Crippen LogP contribution is 2.37. The van der Waals surface area contributed by atoms with E-state index in [-0.39, 0.29) is 17.2 Å². The van der Waals surface area contributed by atoms with E-state index < -0.39 is 29.2 Å². The summed E-state index contributed by atoms with van der Waals surface area (Å²) < 4.78 is 77.2. The Bertz CT molecular complexity index is 739. The molecule has 0 aliphatic heterocycles. The molecule has 2 aromatic rings. The molecule has 0 heterocycles. The third-order valence-corrected chi connectivity index (χ3v) is 3.71. The van der Waals surface area contributed by atoms with Crippen molar-refractivity contribution in [3.8, 4) is 0 Å². The Morgan fingerprint density at radius 3 is 1.85 bits per heavy atom. The number of hydrogen-bond donors (Lipinski definition) is 2. The van der Waals surface area contributed by atoms with Crippen LogP contribution in [0.3, 0.4) is 0 Å². The molecular weight excluding hydrogens is 378 g/mol. The minimum Gasteiger partial charge on any atom is -0.356 e. The highest BCUT2D eigenvalue weighted by molar-refractivity contribution is 7.80. The third kappa shape index (κ3) is 5.35. The number of alkyl halides is 6. The van der Waals surface area contributed by atoms with Gasteiger partial charge in [-0.15, -0.1) is 0 Å². The molecule has 26 heavy (non-hydrogen) atoms. The Balaban J connectivity index is 2.21. The minimum atomic E-state index is -4.91. The number of thiocarbonyl (C=S) groups is 1. The van der Waals surface area contributed by atoms with Gasteiger partial charge in [0.15, 0.2) is 5.11 Å². The summed E-state index contributed by atoms with van der Waals surface area (Å²) in [6, 6.07) is 9.97. The predicted octanol–water partition coefficient (Wildman–Crippen LogP) is 5.77. The van der Waals surface area contributed by atoms with E-state index in [9.17, 15) is 26.3 Å². The largest absolute Gasteiger partial charge is 0.416 e. The molecule has 0 unspecified atom stereocenters. The van der Waals surface area contributed by atoms with E-state index >= 15 is 0 Å². The summed E-state index contributed by atoms with van der Waals surface area (Å²) in [5, 5.41) is 5.12. The molecule has 0 aliphatic rings. The maximum atomic E-state index is 12.9. The first kappa shape index (κ1) is 20.0. The maximum Gasteiger partial charge on any atom is 0.416 e. The van der Waals surface area contributed by atoms with Crippen molar-refractivity contribution < 1.29 is 26.3 Å². The van der Waals surface area contributed by atoms with Crippen molar-refractivity contribution in [1.82, 2.24) is 5.32 Å². The Labute approximate surface area is 151 Å². The number of rotatable bonds is 3. The van der Waals surface area contributed by atoms with Crippen molar-refractivity contribution in [1.29, 1.82) is 0 Å². The Morgan fingerprint density at radius 2 is 1.38 bits per heavy atom. The van der Waals surface area contributed by atoms with Gasteiger partial charge in [-0.25, -0.2) is 0 Å². The number of benzene rings is 2. The van der Waals surface area contributed by atoms with E-state index in [2.05, 4.69) is 10.6 Å². The van der Waals surface area contributed by atoms with Gasteiger partial charge in [0, 0.05) is 5.69 Å². The van der Waals surface area contributed by atoms with Gasteiger partial charge in [-0.05, 0) is 42.9 Å². The van der Waals surface area contributed by atoms with Crippen molar-refractivity contribution in [2.75, 3.05) is 5.32 Å². The summed E-state index contributed by atoms with van der Waals surface area (Å²) in [6.45, 7) is 1.76. The maximum absolute atomic E-state index is 12.9. The van der Waals surface area contributed by atoms with Crippen LogP contribution < -0.4 is 10.6 Å². The van der Waals surface area contributed by atoms with Crippen LogP contribution in [0, 0.1) is 0 Å². The van der Waals surface area contributed by atoms with Gasteiger partial charge >= 0.3 is 12.4 Å². The summed E-state index contributed by atoms with van der Waals surface area (Å²) in [6.07, 6.45) is -9.83. The highest BCUT2D eigenvalue weighted by Gasteiger charge is 2.37. The summed E-state index contributed by atoms with van der Waals surface area (Å²) >= 11 is 5.00. The second kappa shape index (κ2) is 7.53. The van der Waals surface area contributed by atoms with E-state index in [4.69, 9.17) is 12.2 Å². The second-order valence-corrected chi connectivity index (χ2v) is 5.93. The third-order valence-electron chi connectivity index (χ3n) is 3.49. The monoisotopic (exact) mass is 392 g/mol. The topological polar surface area (TPSA) is 24.1 Å². The van der Waals surface area contributed by atoms with Crippen molar-refractivity contribution in [3.63, 3.8) is 0 Å². The summed E-state index contributed by atoms with van der Waals surface area (Å²) in [7, 11) is 0. The van der Waals surface area contributed by atoms with Gasteiger partial charge in [-0.3, -0.25) is 0 Å². The van der Waals surface area contributed by atoms with Crippen LogP contribution in [0.2, 0.25) is 0 Å². The molecule has 0 fully saturated rings. The van der Waals surface area contributed by atoms with E-state index in [1.54, 1.807) is 19.1 Å². The molecule has 0 radical (unpaired) electrons. The van der Waals surface area contributed by atoms with Gasteiger partial charge in [0.2, 0.25) is 0 Å². The lowest BCUT2D eigenvalue weighted by Crippen LogP contribution is -2.31. The van der Waals surface area contributed by atoms with Gasteiger partial charge in [0.25, 0.3) is 0 Å². The first-order chi connectivity index (χ1) is 12.0. The molecule has 2 aromatic carbocycles. The number of hydrogen-bond acceptors (Lipinski definition) is 1. The van der Waals surface area contributed by atoms with Crippen molar-refractivity contribution in [2.24, 2.45) is 0 Å². The molecule has 2 rings (SSSR count). The lowest BCUT2D eigenvalue weighted by Gasteiger charge is -2.19. The summed E-state index contributed by atoms with van der Waals surface area (Å²) in [4.78, 5) is 0. The molecule has 0 aromatic heterocycles. The minimum absolute atomic E-state index is 0.0637. The van der Waals surface area contributed by atoms with Crippen molar-refractivity contribution >= 4 is 23.0 Å². The van der Waals surface area contributed by atoms with E-state index in [0.29, 0.717) is 12.1 Å². The van der Waals surface area contributed by atoms with Crippen LogP contribution >= 0.6 is 12.2 Å². The van der Waals surface area contributed by atoms with Crippen LogP contribution in [0.15, 0.2) is 48.5 Å². The van der Waals surface area contributed by atoms with E-state index in [1.165, 1.54) is 0 Å². The number of anilines is 1. The molecule has 0 bridgehead atoms. The van der Waals surface area contributed by atoms with Crippen LogP contribution in [0.25, 0.3) is 0 Å². The fraction of sp³-hybridized carbons (Fsp3) is 0.235. The Hall–Kier alpha value is -2.29. The quantitative estimate of drug-likeness (QED) is 0.512. The molecule has 0 amide bonds. The fourth-order valence-electron chi connectivity index (χ4n) is 2.22. The zero-order valence-electron chi connectivity index (χ0n) is 13.4. The number of halogens is 6. The first-order valence-corrected chi connectivity index (χ1v) is 7.79. The fourth-order valence-corrected chi connectivity index (χ4v) is 2.51. The molecule has 2 N–H and O–H groups in total. The van der Waals surface area contributed by atoms with Crippen LogP contribution in [0.4, 0.5) is 32.0 Å². The van der Waals surface area contributed by atoms with Gasteiger partial charge in [-0.2, -0.15) is 26.3 Å². The molecule has 0 aliphatic carbocycles. The average Bonchev–Trinajstić information content (AvgIpc) is 2.53. The van der Waals surface area contributed by atoms with Gasteiger partial charge in [-0.1, -0.05) is 30.3 Å². The predicted molar refractivity (Wildman–Crippen MR) is 90.7 cm³/mol. The van der Waals surface area contributed by atoms with E-state index in [0.717, 1.165) is 5.56 Å². The van der Waals surface area contributed by atoms with Crippen molar-refractivity contribution in [2.45, 2.75) is 25.3 Å². The highest BCUT2D eigenvalue weighted by atomic mass is 32.1. The molecule has 0 spiro atoms.